The molecule has 0 amide bonds. The highest BCUT2D eigenvalue weighted by Gasteiger charge is 2.00. The lowest BCUT2D eigenvalue weighted by Crippen LogP contribution is -1.97. The first kappa shape index (κ1) is 13.6. The Labute approximate surface area is 115 Å². The van der Waals surface area contributed by atoms with Crippen LogP contribution in [0.4, 0.5) is 0 Å². The van der Waals surface area contributed by atoms with Gasteiger partial charge in [-0.05, 0) is 12.5 Å². The van der Waals surface area contributed by atoms with E-state index in [1.165, 1.54) is 19.3 Å². The molecule has 0 radical (unpaired) electrons. The minimum absolute atomic E-state index is 0.790. The molecule has 0 unspecified atom stereocenters. The monoisotopic (exact) mass is 255 g/mol. The maximum atomic E-state index is 5.77. The fourth-order valence-electron chi connectivity index (χ4n) is 1.99. The first-order valence-corrected chi connectivity index (χ1v) is 7.04. The van der Waals surface area contributed by atoms with Crippen molar-refractivity contribution in [2.75, 3.05) is 6.61 Å². The van der Waals surface area contributed by atoms with Crippen LogP contribution in [0.1, 0.15) is 32.6 Å². The Balaban J connectivity index is 1.92. The molecule has 0 atom stereocenters. The second kappa shape index (κ2) is 7.57. The van der Waals surface area contributed by atoms with Crippen LogP contribution in [-0.4, -0.2) is 11.6 Å². The molecule has 1 aromatic carbocycles. The summed E-state index contributed by atoms with van der Waals surface area (Å²) in [4.78, 5) is 4.39. The van der Waals surface area contributed by atoms with Crippen LogP contribution in [0, 0.1) is 0 Å². The van der Waals surface area contributed by atoms with Crippen LogP contribution in [0.15, 0.2) is 48.7 Å². The predicted octanol–water partition coefficient (Wildman–Crippen LogP) is 4.71. The molecule has 0 fully saturated rings. The van der Waals surface area contributed by atoms with Crippen molar-refractivity contribution in [1.82, 2.24) is 4.98 Å². The molecule has 2 nitrogen and oxygen atoms in total. The highest BCUT2D eigenvalue weighted by molar-refractivity contribution is 5.60. The number of hydrogen-bond donors (Lipinski definition) is 0. The van der Waals surface area contributed by atoms with E-state index in [-0.39, 0.29) is 0 Å². The van der Waals surface area contributed by atoms with E-state index in [1.807, 2.05) is 36.5 Å². The summed E-state index contributed by atoms with van der Waals surface area (Å²) in [7, 11) is 0. The third-order valence-electron chi connectivity index (χ3n) is 3.07. The first-order valence-electron chi connectivity index (χ1n) is 7.04. The van der Waals surface area contributed by atoms with Gasteiger partial charge in [-0.15, -0.1) is 0 Å². The largest absolute Gasteiger partial charge is 0.493 e. The van der Waals surface area contributed by atoms with Crippen LogP contribution in [0.2, 0.25) is 0 Å². The van der Waals surface area contributed by atoms with E-state index >= 15 is 0 Å². The third-order valence-corrected chi connectivity index (χ3v) is 3.07. The first-order chi connectivity index (χ1) is 9.40. The number of benzene rings is 1. The molecule has 0 saturated heterocycles. The number of nitrogens with zero attached hydrogens (tertiary/aromatic N) is 1. The molecule has 0 spiro atoms. The number of unbranched alkanes of at least 4 members (excludes halogenated alkanes) is 3. The maximum absolute atomic E-state index is 5.77. The summed E-state index contributed by atoms with van der Waals surface area (Å²) < 4.78 is 5.77. The summed E-state index contributed by atoms with van der Waals surface area (Å²) >= 11 is 0. The van der Waals surface area contributed by atoms with Crippen molar-refractivity contribution in [2.24, 2.45) is 0 Å². The summed E-state index contributed by atoms with van der Waals surface area (Å²) in [5, 5.41) is 0. The van der Waals surface area contributed by atoms with Crippen LogP contribution < -0.4 is 4.74 Å². The van der Waals surface area contributed by atoms with E-state index < -0.39 is 0 Å². The summed E-state index contributed by atoms with van der Waals surface area (Å²) in [5.41, 5.74) is 2.09. The van der Waals surface area contributed by atoms with E-state index in [9.17, 15) is 0 Å². The van der Waals surface area contributed by atoms with Gasteiger partial charge in [-0.2, -0.15) is 0 Å². The number of ether oxygens (including phenoxy) is 1. The second-order valence-corrected chi connectivity index (χ2v) is 4.65. The maximum Gasteiger partial charge on any atom is 0.122 e. The number of aromatic nitrogens is 1. The molecule has 2 rings (SSSR count). The van der Waals surface area contributed by atoms with Gasteiger partial charge in [0.1, 0.15) is 5.75 Å². The summed E-state index contributed by atoms with van der Waals surface area (Å²) in [5.74, 6) is 0.908. The van der Waals surface area contributed by atoms with Crippen molar-refractivity contribution in [3.63, 3.8) is 0 Å². The van der Waals surface area contributed by atoms with Gasteiger partial charge in [0.05, 0.1) is 12.3 Å². The Kier molecular flexibility index (Phi) is 5.42. The molecule has 19 heavy (non-hydrogen) atoms. The molecular formula is C17H21NO. The molecule has 1 aromatic heterocycles. The van der Waals surface area contributed by atoms with Gasteiger partial charge < -0.3 is 4.74 Å². The Morgan fingerprint density at radius 3 is 2.63 bits per heavy atom. The molecule has 1 heterocycles. The van der Waals surface area contributed by atoms with Gasteiger partial charge in [0.15, 0.2) is 0 Å². The van der Waals surface area contributed by atoms with E-state index in [2.05, 4.69) is 24.0 Å². The Bertz CT molecular complexity index is 482. The summed E-state index contributed by atoms with van der Waals surface area (Å²) in [6.45, 7) is 3.01. The Hall–Kier alpha value is -1.83. The number of rotatable bonds is 7. The molecule has 0 aliphatic rings. The van der Waals surface area contributed by atoms with Crippen molar-refractivity contribution < 1.29 is 4.74 Å². The number of pyridine rings is 1. The van der Waals surface area contributed by atoms with Gasteiger partial charge in [-0.25, -0.2) is 0 Å². The zero-order chi connectivity index (χ0) is 13.3. The molecule has 2 heteroatoms. The fraction of sp³-hybridized carbons (Fsp3) is 0.353. The van der Waals surface area contributed by atoms with Crippen molar-refractivity contribution in [3.05, 3.63) is 48.7 Å². The number of hydrogen-bond acceptors (Lipinski definition) is 2. The van der Waals surface area contributed by atoms with Crippen molar-refractivity contribution in [2.45, 2.75) is 32.6 Å². The standard InChI is InChI=1S/C17H21NO/c1-2-3-4-8-13-19-16-11-12-18-17(14-16)15-9-6-5-7-10-15/h5-7,9-12,14H,2-4,8,13H2,1H3. The lowest BCUT2D eigenvalue weighted by atomic mass is 10.1. The Morgan fingerprint density at radius 2 is 1.84 bits per heavy atom. The van der Waals surface area contributed by atoms with Gasteiger partial charge in [0.2, 0.25) is 0 Å². The molecule has 0 N–H and O–H groups in total. The molecule has 0 saturated carbocycles. The van der Waals surface area contributed by atoms with Crippen LogP contribution in [0.5, 0.6) is 5.75 Å². The highest BCUT2D eigenvalue weighted by atomic mass is 16.5. The molecule has 100 valence electrons. The van der Waals surface area contributed by atoms with Gasteiger partial charge >= 0.3 is 0 Å². The normalized spacial score (nSPS) is 10.4. The second-order valence-electron chi connectivity index (χ2n) is 4.65. The van der Waals surface area contributed by atoms with Crippen LogP contribution >= 0.6 is 0 Å². The van der Waals surface area contributed by atoms with Crippen molar-refractivity contribution >= 4 is 0 Å². The van der Waals surface area contributed by atoms with E-state index in [1.54, 1.807) is 0 Å². The zero-order valence-electron chi connectivity index (χ0n) is 11.5. The SMILES string of the molecule is CCCCCCOc1ccnc(-c2ccccc2)c1. The molecule has 2 aromatic rings. The molecular weight excluding hydrogens is 234 g/mol. The lowest BCUT2D eigenvalue weighted by Gasteiger charge is -2.07. The predicted molar refractivity (Wildman–Crippen MR) is 79.3 cm³/mol. The van der Waals surface area contributed by atoms with Gasteiger partial charge in [-0.3, -0.25) is 4.98 Å². The van der Waals surface area contributed by atoms with Crippen LogP contribution in [-0.2, 0) is 0 Å². The third kappa shape index (κ3) is 4.40. The van der Waals surface area contributed by atoms with Gasteiger partial charge in [-0.1, -0.05) is 56.5 Å². The van der Waals surface area contributed by atoms with Crippen LogP contribution in [0.25, 0.3) is 11.3 Å². The fourth-order valence-corrected chi connectivity index (χ4v) is 1.99. The smallest absolute Gasteiger partial charge is 0.122 e. The lowest BCUT2D eigenvalue weighted by molar-refractivity contribution is 0.305. The summed E-state index contributed by atoms with van der Waals surface area (Å²) in [6.07, 6.45) is 6.72. The van der Waals surface area contributed by atoms with Gasteiger partial charge in [0.25, 0.3) is 0 Å². The highest BCUT2D eigenvalue weighted by Crippen LogP contribution is 2.21. The average molecular weight is 255 g/mol. The summed E-state index contributed by atoms with van der Waals surface area (Å²) in [6, 6.07) is 14.1. The van der Waals surface area contributed by atoms with Crippen molar-refractivity contribution in [3.8, 4) is 17.0 Å². The van der Waals surface area contributed by atoms with Crippen molar-refractivity contribution in [1.29, 1.82) is 0 Å². The quantitative estimate of drug-likeness (QED) is 0.668. The molecule has 0 bridgehead atoms. The van der Waals surface area contributed by atoms with E-state index in [4.69, 9.17) is 4.74 Å². The minimum atomic E-state index is 0.790. The topological polar surface area (TPSA) is 22.1 Å². The van der Waals surface area contributed by atoms with Crippen LogP contribution in [0.3, 0.4) is 0 Å². The zero-order valence-corrected chi connectivity index (χ0v) is 11.5. The molecule has 0 aliphatic heterocycles. The minimum Gasteiger partial charge on any atom is -0.493 e. The van der Waals surface area contributed by atoms with Gasteiger partial charge in [0, 0.05) is 17.8 Å². The van der Waals surface area contributed by atoms with E-state index in [0.717, 1.165) is 30.0 Å². The Morgan fingerprint density at radius 1 is 1.00 bits per heavy atom. The average Bonchev–Trinajstić information content (AvgIpc) is 2.48. The van der Waals surface area contributed by atoms with E-state index in [0.29, 0.717) is 0 Å². The molecule has 0 aliphatic carbocycles.